The second kappa shape index (κ2) is 4.97. The van der Waals surface area contributed by atoms with Gasteiger partial charge in [-0.25, -0.2) is 0 Å². The van der Waals surface area contributed by atoms with Crippen LogP contribution in [0.3, 0.4) is 0 Å². The van der Waals surface area contributed by atoms with E-state index in [-0.39, 0.29) is 6.10 Å². The number of nitrogens with two attached hydrogens (primary N) is 1. The average molecular weight is 232 g/mol. The van der Waals surface area contributed by atoms with Gasteiger partial charge in [0, 0.05) is 11.9 Å². The van der Waals surface area contributed by atoms with Gasteiger partial charge in [0.15, 0.2) is 0 Å². The Hall–Kier alpha value is -1.88. The van der Waals surface area contributed by atoms with Gasteiger partial charge in [0.05, 0.1) is 5.52 Å². The van der Waals surface area contributed by atoms with Crippen molar-refractivity contribution >= 4 is 16.7 Å². The van der Waals surface area contributed by atoms with Gasteiger partial charge in [0.2, 0.25) is 0 Å². The first kappa shape index (κ1) is 11.6. The van der Waals surface area contributed by atoms with E-state index in [9.17, 15) is 0 Å². The Balaban J connectivity index is 2.30. The first-order chi connectivity index (χ1) is 8.20. The number of nitrogen functional groups attached to an aromatic ring is 1. The summed E-state index contributed by atoms with van der Waals surface area (Å²) in [5.41, 5.74) is 6.66. The number of nitrogens with one attached hydrogen (secondary N) is 1. The molecule has 0 spiro atoms. The zero-order chi connectivity index (χ0) is 12.3. The predicted octanol–water partition coefficient (Wildman–Crippen LogP) is 1.20. The Morgan fingerprint density at radius 2 is 2.12 bits per heavy atom. The third kappa shape index (κ3) is 2.62. The van der Waals surface area contributed by atoms with Crippen LogP contribution in [-0.2, 0) is 0 Å². The van der Waals surface area contributed by atoms with Crippen LogP contribution in [0.25, 0.3) is 10.9 Å². The zero-order valence-electron chi connectivity index (χ0n) is 9.97. The van der Waals surface area contributed by atoms with Crippen molar-refractivity contribution in [1.82, 2.24) is 15.3 Å². The third-order valence-corrected chi connectivity index (χ3v) is 2.41. The summed E-state index contributed by atoms with van der Waals surface area (Å²) in [5, 5.41) is 3.88. The highest BCUT2D eigenvalue weighted by atomic mass is 16.5. The van der Waals surface area contributed by atoms with Crippen LogP contribution >= 0.6 is 0 Å². The molecule has 1 atom stereocenters. The van der Waals surface area contributed by atoms with Crippen molar-refractivity contribution in [2.75, 3.05) is 19.3 Å². The highest BCUT2D eigenvalue weighted by molar-refractivity contribution is 5.88. The van der Waals surface area contributed by atoms with E-state index < -0.39 is 0 Å². The maximum atomic E-state index is 5.86. The molecule has 17 heavy (non-hydrogen) atoms. The van der Waals surface area contributed by atoms with Crippen molar-refractivity contribution in [2.24, 2.45) is 0 Å². The lowest BCUT2D eigenvalue weighted by molar-refractivity contribution is 0.203. The Morgan fingerprint density at radius 3 is 2.88 bits per heavy atom. The molecule has 1 aromatic heterocycles. The van der Waals surface area contributed by atoms with Crippen molar-refractivity contribution < 1.29 is 4.74 Å². The molecular weight excluding hydrogens is 216 g/mol. The number of rotatable bonds is 4. The van der Waals surface area contributed by atoms with Crippen molar-refractivity contribution in [1.29, 1.82) is 0 Å². The van der Waals surface area contributed by atoms with Gasteiger partial charge < -0.3 is 15.8 Å². The van der Waals surface area contributed by atoms with Gasteiger partial charge in [-0.1, -0.05) is 12.1 Å². The molecule has 0 amide bonds. The van der Waals surface area contributed by atoms with Crippen LogP contribution in [0.1, 0.15) is 6.92 Å². The van der Waals surface area contributed by atoms with Crippen molar-refractivity contribution in [3.63, 3.8) is 0 Å². The fraction of sp³-hybridized carbons (Fsp3) is 0.333. The predicted molar refractivity (Wildman–Crippen MR) is 68.0 cm³/mol. The Kier molecular flexibility index (Phi) is 3.39. The number of benzene rings is 1. The number of hydrogen-bond acceptors (Lipinski definition) is 5. The summed E-state index contributed by atoms with van der Waals surface area (Å²) in [6.45, 7) is 2.68. The normalized spacial score (nSPS) is 12.6. The first-order valence-corrected chi connectivity index (χ1v) is 5.54. The molecule has 0 bridgehead atoms. The lowest BCUT2D eigenvalue weighted by Gasteiger charge is -2.13. The zero-order valence-corrected chi connectivity index (χ0v) is 9.97. The van der Waals surface area contributed by atoms with E-state index in [0.717, 1.165) is 17.4 Å². The standard InChI is InChI=1S/C12H16N4O/c1-8(7-14-2)17-12-15-10-6-4-3-5-9(10)11(13)16-12/h3-6,8,14H,7H2,1-2H3,(H2,13,15,16)/t8-/m0/s1. The van der Waals surface area contributed by atoms with E-state index in [4.69, 9.17) is 10.5 Å². The Bertz CT molecular complexity index is 515. The van der Waals surface area contributed by atoms with E-state index in [1.807, 2.05) is 38.2 Å². The van der Waals surface area contributed by atoms with Crippen LogP contribution in [0.2, 0.25) is 0 Å². The minimum Gasteiger partial charge on any atom is -0.459 e. The number of anilines is 1. The van der Waals surface area contributed by atoms with Gasteiger partial charge >= 0.3 is 6.01 Å². The second-order valence-electron chi connectivity index (χ2n) is 3.89. The second-order valence-corrected chi connectivity index (χ2v) is 3.89. The molecule has 0 aliphatic carbocycles. The van der Waals surface area contributed by atoms with Gasteiger partial charge in [-0.15, -0.1) is 0 Å². The van der Waals surface area contributed by atoms with Gasteiger partial charge in [-0.3, -0.25) is 0 Å². The summed E-state index contributed by atoms with van der Waals surface area (Å²) in [6.07, 6.45) is 0.000521. The van der Waals surface area contributed by atoms with E-state index in [2.05, 4.69) is 15.3 Å². The quantitative estimate of drug-likeness (QED) is 0.828. The monoisotopic (exact) mass is 232 g/mol. The summed E-state index contributed by atoms with van der Waals surface area (Å²) < 4.78 is 5.58. The molecule has 90 valence electrons. The van der Waals surface area contributed by atoms with Gasteiger partial charge in [-0.2, -0.15) is 9.97 Å². The highest BCUT2D eigenvalue weighted by Gasteiger charge is 2.08. The molecule has 2 aromatic rings. The van der Waals surface area contributed by atoms with Crippen LogP contribution in [-0.4, -0.2) is 29.7 Å². The summed E-state index contributed by atoms with van der Waals surface area (Å²) in [4.78, 5) is 8.46. The summed E-state index contributed by atoms with van der Waals surface area (Å²) in [5.74, 6) is 0.447. The lowest BCUT2D eigenvalue weighted by atomic mass is 10.2. The molecule has 0 aliphatic rings. The van der Waals surface area contributed by atoms with E-state index >= 15 is 0 Å². The number of ether oxygens (including phenoxy) is 1. The molecule has 5 heteroatoms. The minimum absolute atomic E-state index is 0.000521. The number of hydrogen-bond donors (Lipinski definition) is 2. The highest BCUT2D eigenvalue weighted by Crippen LogP contribution is 2.20. The first-order valence-electron chi connectivity index (χ1n) is 5.54. The number of aromatic nitrogens is 2. The number of para-hydroxylation sites is 1. The average Bonchev–Trinajstić information content (AvgIpc) is 2.29. The van der Waals surface area contributed by atoms with Crippen molar-refractivity contribution in [3.05, 3.63) is 24.3 Å². The van der Waals surface area contributed by atoms with E-state index in [1.165, 1.54) is 0 Å². The summed E-state index contributed by atoms with van der Waals surface area (Å²) >= 11 is 0. The maximum absolute atomic E-state index is 5.86. The molecule has 1 heterocycles. The molecule has 0 radical (unpaired) electrons. The van der Waals surface area contributed by atoms with Crippen LogP contribution in [0.15, 0.2) is 24.3 Å². The molecule has 0 unspecified atom stereocenters. The van der Waals surface area contributed by atoms with Crippen LogP contribution in [0.4, 0.5) is 5.82 Å². The fourth-order valence-corrected chi connectivity index (χ4v) is 1.64. The number of likely N-dealkylation sites (N-methyl/N-ethyl adjacent to an activating group) is 1. The third-order valence-electron chi connectivity index (χ3n) is 2.41. The lowest BCUT2D eigenvalue weighted by Crippen LogP contribution is -2.26. The molecule has 0 saturated carbocycles. The smallest absolute Gasteiger partial charge is 0.319 e. The molecule has 0 saturated heterocycles. The molecule has 2 rings (SSSR count). The topological polar surface area (TPSA) is 73.1 Å². The number of fused-ring (bicyclic) bond motifs is 1. The summed E-state index contributed by atoms with van der Waals surface area (Å²) in [6, 6.07) is 7.93. The fourth-order valence-electron chi connectivity index (χ4n) is 1.64. The van der Waals surface area contributed by atoms with Crippen LogP contribution < -0.4 is 15.8 Å². The van der Waals surface area contributed by atoms with E-state index in [0.29, 0.717) is 11.8 Å². The van der Waals surface area contributed by atoms with Gasteiger partial charge in [-0.05, 0) is 26.1 Å². The van der Waals surface area contributed by atoms with E-state index in [1.54, 1.807) is 0 Å². The molecule has 3 N–H and O–H groups in total. The molecule has 0 aliphatic heterocycles. The molecular formula is C12H16N4O. The van der Waals surface area contributed by atoms with Gasteiger partial charge in [0.25, 0.3) is 0 Å². The molecule has 0 fully saturated rings. The maximum Gasteiger partial charge on any atom is 0.319 e. The minimum atomic E-state index is 0.000521. The van der Waals surface area contributed by atoms with Crippen molar-refractivity contribution in [2.45, 2.75) is 13.0 Å². The van der Waals surface area contributed by atoms with Crippen molar-refractivity contribution in [3.8, 4) is 6.01 Å². The van der Waals surface area contributed by atoms with Gasteiger partial charge in [0.1, 0.15) is 11.9 Å². The molecule has 1 aromatic carbocycles. The SMILES string of the molecule is CNC[C@H](C)Oc1nc(N)c2ccccc2n1. The summed E-state index contributed by atoms with van der Waals surface area (Å²) in [7, 11) is 1.87. The Labute approximate surface area is 100 Å². The van der Waals surface area contributed by atoms with Crippen LogP contribution in [0.5, 0.6) is 6.01 Å². The molecule has 5 nitrogen and oxygen atoms in total. The Morgan fingerprint density at radius 1 is 1.35 bits per heavy atom. The van der Waals surface area contributed by atoms with Crippen LogP contribution in [0, 0.1) is 0 Å². The largest absolute Gasteiger partial charge is 0.459 e. The number of nitrogens with zero attached hydrogens (tertiary/aromatic N) is 2.